The summed E-state index contributed by atoms with van der Waals surface area (Å²) in [7, 11) is -0.479. The maximum Gasteiger partial charge on any atom is 0.494 e. The molecule has 1 saturated heterocycles. The molecule has 0 radical (unpaired) electrons. The van der Waals surface area contributed by atoms with E-state index < -0.39 is 41.6 Å². The van der Waals surface area contributed by atoms with Crippen LogP contribution in [0.1, 0.15) is 32.6 Å². The first-order chi connectivity index (χ1) is 26.3. The fraction of sp³-hybridized carbons (Fsp3) is 0.167. The van der Waals surface area contributed by atoms with E-state index in [0.29, 0.717) is 11.4 Å². The molecule has 0 atom stereocenters. The van der Waals surface area contributed by atoms with Crippen molar-refractivity contribution in [2.24, 2.45) is 0 Å². The average Bonchev–Trinajstić information content (AvgIpc) is 3.91. The number of benzene rings is 4. The summed E-state index contributed by atoms with van der Waals surface area (Å²) in [6, 6.07) is 22.7. The number of hydrogen-bond donors (Lipinski definition) is 2. The van der Waals surface area contributed by atoms with Gasteiger partial charge in [-0.15, -0.1) is 11.3 Å². The zero-order chi connectivity index (χ0) is 38.6. The maximum absolute atomic E-state index is 14.1. The zero-order valence-corrected chi connectivity index (χ0v) is 31.3. The topological polar surface area (TPSA) is 88.7 Å². The van der Waals surface area contributed by atoms with Crippen molar-refractivity contribution in [3.05, 3.63) is 132 Å². The third-order valence-corrected chi connectivity index (χ3v) is 11.1. The molecule has 4 aromatic heterocycles. The minimum absolute atomic E-state index is 0.0547. The number of aromatic amines is 2. The quantitative estimate of drug-likeness (QED) is 0.135. The summed E-state index contributed by atoms with van der Waals surface area (Å²) in [5.41, 5.74) is 4.83. The first kappa shape index (κ1) is 36.4. The lowest BCUT2D eigenvalue weighted by molar-refractivity contribution is 0.00578. The van der Waals surface area contributed by atoms with Crippen LogP contribution in [0.3, 0.4) is 0 Å². The van der Waals surface area contributed by atoms with Gasteiger partial charge < -0.3 is 19.3 Å². The molecule has 4 aromatic carbocycles. The van der Waals surface area contributed by atoms with E-state index in [4.69, 9.17) is 14.3 Å². The molecule has 13 heteroatoms. The highest BCUT2D eigenvalue weighted by Crippen LogP contribution is 2.38. The molecule has 9 rings (SSSR count). The molecule has 1 fully saturated rings. The summed E-state index contributed by atoms with van der Waals surface area (Å²) in [6.07, 6.45) is 4.95. The second-order valence-electron chi connectivity index (χ2n) is 14.3. The number of hydrogen-bond acceptors (Lipinski definition) is 6. The minimum Gasteiger partial charge on any atom is -0.399 e. The summed E-state index contributed by atoms with van der Waals surface area (Å²) >= 11 is 1.55. The molecular weight excluding hydrogens is 725 g/mol. The lowest BCUT2D eigenvalue weighted by Crippen LogP contribution is -2.41. The fourth-order valence-electron chi connectivity index (χ4n) is 6.52. The monoisotopic (exact) mass is 759 g/mol. The van der Waals surface area contributed by atoms with E-state index in [1.165, 1.54) is 36.4 Å². The Morgan fingerprint density at radius 3 is 1.76 bits per heavy atom. The van der Waals surface area contributed by atoms with Crippen molar-refractivity contribution in [3.8, 4) is 44.5 Å². The lowest BCUT2D eigenvalue weighted by Gasteiger charge is -2.32. The summed E-state index contributed by atoms with van der Waals surface area (Å²) < 4.78 is 68.6. The van der Waals surface area contributed by atoms with E-state index in [9.17, 15) is 17.6 Å². The predicted molar refractivity (Wildman–Crippen MR) is 210 cm³/mol. The molecule has 1 aliphatic heterocycles. The first-order valence-corrected chi connectivity index (χ1v) is 18.3. The van der Waals surface area contributed by atoms with Gasteiger partial charge in [-0.05, 0) is 100 Å². The normalized spacial score (nSPS) is 14.7. The molecule has 0 spiro atoms. The molecule has 0 bridgehead atoms. The van der Waals surface area contributed by atoms with E-state index in [1.54, 1.807) is 42.1 Å². The second-order valence-corrected chi connectivity index (χ2v) is 15.5. The number of halogens is 4. The van der Waals surface area contributed by atoms with Gasteiger partial charge in [-0.1, -0.05) is 30.3 Å². The van der Waals surface area contributed by atoms with Gasteiger partial charge in [0.25, 0.3) is 0 Å². The SMILES string of the molecule is CC1(C)OB(c2ccc3[nH]c(-c4c(F)cccc4F)cc3c2)OC1(C)C.Cc1sc(-c2cnccn2)nc1-c1ccc2[nH]c(-c3c(F)cccc3F)cc2c1. The molecule has 5 heterocycles. The van der Waals surface area contributed by atoms with Crippen LogP contribution in [0.5, 0.6) is 0 Å². The van der Waals surface area contributed by atoms with Crippen LogP contribution in [-0.2, 0) is 9.31 Å². The standard InChI is InChI=1S/C22H14F2N4S.C20H20BF2NO2/c1-12-21(28-22(29-12)19-11-25-7-8-26-19)13-5-6-17-14(9-13)10-18(27-17)20-15(23)3-2-4-16(20)24;1-19(2)20(3,4)26-21(25-19)13-8-9-16-12(10-13)11-17(24-16)18-14(22)6-5-7-15(18)23/h2-11,27H,1H3;5-11,24H,1-4H3. The van der Waals surface area contributed by atoms with Gasteiger partial charge in [-0.3, -0.25) is 9.97 Å². The molecule has 0 amide bonds. The van der Waals surface area contributed by atoms with Gasteiger partial charge in [-0.2, -0.15) is 0 Å². The molecule has 0 aliphatic carbocycles. The molecular formula is C42H34BF4N5O2S. The highest BCUT2D eigenvalue weighted by Gasteiger charge is 2.51. The Morgan fingerprint density at radius 1 is 0.673 bits per heavy atom. The molecule has 0 unspecified atom stereocenters. The van der Waals surface area contributed by atoms with E-state index >= 15 is 0 Å². The van der Waals surface area contributed by atoms with Crippen LogP contribution in [-0.4, -0.2) is 43.2 Å². The fourth-order valence-corrected chi connectivity index (χ4v) is 7.42. The van der Waals surface area contributed by atoms with Crippen molar-refractivity contribution >= 4 is 45.7 Å². The number of rotatable bonds is 5. The van der Waals surface area contributed by atoms with Crippen molar-refractivity contribution in [1.82, 2.24) is 24.9 Å². The first-order valence-electron chi connectivity index (χ1n) is 17.5. The molecule has 0 saturated carbocycles. The molecule has 7 nitrogen and oxygen atoms in total. The van der Waals surface area contributed by atoms with Gasteiger partial charge in [0.2, 0.25) is 0 Å². The largest absolute Gasteiger partial charge is 0.494 e. The Bertz CT molecular complexity index is 2650. The lowest BCUT2D eigenvalue weighted by atomic mass is 9.78. The summed E-state index contributed by atoms with van der Waals surface area (Å²) in [5.74, 6) is -2.38. The zero-order valence-electron chi connectivity index (χ0n) is 30.5. The van der Waals surface area contributed by atoms with Crippen molar-refractivity contribution in [1.29, 1.82) is 0 Å². The second kappa shape index (κ2) is 13.9. The number of aryl methyl sites for hydroxylation is 1. The number of fused-ring (bicyclic) bond motifs is 2. The third kappa shape index (κ3) is 6.83. The van der Waals surface area contributed by atoms with Gasteiger partial charge in [0, 0.05) is 39.3 Å². The molecule has 55 heavy (non-hydrogen) atoms. The Kier molecular flexibility index (Phi) is 9.19. The molecule has 8 aromatic rings. The van der Waals surface area contributed by atoms with Crippen LogP contribution in [0.4, 0.5) is 17.6 Å². The van der Waals surface area contributed by atoms with Crippen molar-refractivity contribution in [3.63, 3.8) is 0 Å². The van der Waals surface area contributed by atoms with Crippen LogP contribution in [0.25, 0.3) is 66.3 Å². The van der Waals surface area contributed by atoms with Gasteiger partial charge >= 0.3 is 7.12 Å². The number of H-pyrrole nitrogens is 2. The van der Waals surface area contributed by atoms with E-state index in [2.05, 4.69) is 19.9 Å². The minimum atomic E-state index is -0.597. The Balaban J connectivity index is 0.000000156. The maximum atomic E-state index is 14.1. The van der Waals surface area contributed by atoms with Crippen LogP contribution in [0.15, 0.2) is 104 Å². The van der Waals surface area contributed by atoms with E-state index in [0.717, 1.165) is 54.1 Å². The highest BCUT2D eigenvalue weighted by atomic mass is 32.1. The smallest absolute Gasteiger partial charge is 0.399 e. The van der Waals surface area contributed by atoms with Crippen LogP contribution >= 0.6 is 11.3 Å². The molecule has 276 valence electrons. The van der Waals surface area contributed by atoms with Crippen molar-refractivity contribution in [2.45, 2.75) is 45.8 Å². The van der Waals surface area contributed by atoms with Gasteiger partial charge in [0.15, 0.2) is 0 Å². The number of thiazole rings is 1. The Labute approximate surface area is 318 Å². The Hall–Kier alpha value is -5.63. The summed E-state index contributed by atoms with van der Waals surface area (Å²) in [6.45, 7) is 10.0. The van der Waals surface area contributed by atoms with Crippen molar-refractivity contribution < 1.29 is 26.9 Å². The summed E-state index contributed by atoms with van der Waals surface area (Å²) in [5, 5.41) is 2.50. The summed E-state index contributed by atoms with van der Waals surface area (Å²) in [4.78, 5) is 20.4. The van der Waals surface area contributed by atoms with Gasteiger partial charge in [-0.25, -0.2) is 22.5 Å². The van der Waals surface area contributed by atoms with E-state index in [1.807, 2.05) is 71.0 Å². The Morgan fingerprint density at radius 2 is 1.22 bits per heavy atom. The van der Waals surface area contributed by atoms with E-state index in [-0.39, 0.29) is 11.1 Å². The predicted octanol–water partition coefficient (Wildman–Crippen LogP) is 10.4. The highest BCUT2D eigenvalue weighted by molar-refractivity contribution is 7.15. The molecule has 2 N–H and O–H groups in total. The van der Waals surface area contributed by atoms with Crippen LogP contribution in [0.2, 0.25) is 0 Å². The number of nitrogens with zero attached hydrogens (tertiary/aromatic N) is 3. The molecule has 1 aliphatic rings. The van der Waals surface area contributed by atoms with Gasteiger partial charge in [0.05, 0.1) is 45.6 Å². The number of nitrogens with one attached hydrogen (secondary N) is 2. The van der Waals surface area contributed by atoms with Crippen LogP contribution < -0.4 is 5.46 Å². The van der Waals surface area contributed by atoms with Gasteiger partial charge in [0.1, 0.15) is 34.0 Å². The third-order valence-electron chi connectivity index (χ3n) is 10.1. The number of aromatic nitrogens is 5. The van der Waals surface area contributed by atoms with Crippen molar-refractivity contribution in [2.75, 3.05) is 0 Å². The average molecular weight is 760 g/mol. The van der Waals surface area contributed by atoms with Crippen LogP contribution in [0, 0.1) is 30.2 Å².